The van der Waals surface area contributed by atoms with Crippen LogP contribution in [0.1, 0.15) is 47.3 Å². The zero-order chi connectivity index (χ0) is 27.7. The molecule has 3 amide bonds. The number of nitrogens with one attached hydrogen (secondary N) is 2. The number of carbonyl (C=O) groups is 3. The predicted octanol–water partition coefficient (Wildman–Crippen LogP) is 4.54. The van der Waals surface area contributed by atoms with Crippen LogP contribution in [0.15, 0.2) is 30.3 Å². The number of alkyl halides is 3. The maximum absolute atomic E-state index is 14.1. The first-order chi connectivity index (χ1) is 18.6. The molecule has 2 heterocycles. The molecule has 1 atom stereocenters. The molecule has 2 saturated carbocycles. The third-order valence-corrected chi connectivity index (χ3v) is 8.47. The number of hydrogen-bond acceptors (Lipinski definition) is 6. The molecule has 1 aliphatic heterocycles. The van der Waals surface area contributed by atoms with Crippen LogP contribution in [0.5, 0.6) is 0 Å². The van der Waals surface area contributed by atoms with E-state index in [1.165, 1.54) is 17.0 Å². The SMILES string of the molecule is O=C(NC[C@H](C(=O)Nc1ccc(N2CCOCC2=O)cc1C(F)(F)F)N(C1CCC1)C1CC1)c1ccc(Cl)s1. The Morgan fingerprint density at radius 3 is 2.49 bits per heavy atom. The molecule has 0 spiro atoms. The van der Waals surface area contributed by atoms with Crippen LogP contribution < -0.4 is 15.5 Å². The van der Waals surface area contributed by atoms with Gasteiger partial charge in [0, 0.05) is 30.9 Å². The monoisotopic (exact) mass is 584 g/mol. The van der Waals surface area contributed by atoms with E-state index in [-0.39, 0.29) is 44.1 Å². The number of amides is 3. The number of anilines is 2. The molecular weight excluding hydrogens is 557 g/mol. The Bertz CT molecular complexity index is 1250. The topological polar surface area (TPSA) is 91.0 Å². The third kappa shape index (κ3) is 6.40. The molecule has 2 aliphatic carbocycles. The summed E-state index contributed by atoms with van der Waals surface area (Å²) in [7, 11) is 0. The van der Waals surface area contributed by atoms with Gasteiger partial charge in [-0.2, -0.15) is 13.2 Å². The summed E-state index contributed by atoms with van der Waals surface area (Å²) in [5, 5.41) is 5.27. The maximum Gasteiger partial charge on any atom is 0.418 e. The Labute approximate surface area is 232 Å². The average molecular weight is 585 g/mol. The van der Waals surface area contributed by atoms with Gasteiger partial charge in [0.2, 0.25) is 5.91 Å². The number of thiophene rings is 1. The maximum atomic E-state index is 14.1. The van der Waals surface area contributed by atoms with Gasteiger partial charge in [-0.1, -0.05) is 18.0 Å². The van der Waals surface area contributed by atoms with E-state index in [1.54, 1.807) is 12.1 Å². The van der Waals surface area contributed by atoms with Crippen LogP contribution in [-0.2, 0) is 20.5 Å². The highest BCUT2D eigenvalue weighted by Gasteiger charge is 2.44. The lowest BCUT2D eigenvalue weighted by atomic mass is 9.89. The molecule has 210 valence electrons. The highest BCUT2D eigenvalue weighted by Crippen LogP contribution is 2.40. The molecule has 5 rings (SSSR count). The molecular formula is C26H28ClF3N4O4S. The first-order valence-electron chi connectivity index (χ1n) is 12.8. The Morgan fingerprint density at radius 2 is 1.90 bits per heavy atom. The second-order valence-electron chi connectivity index (χ2n) is 9.91. The minimum atomic E-state index is -4.78. The van der Waals surface area contributed by atoms with Crippen LogP contribution in [0.25, 0.3) is 0 Å². The van der Waals surface area contributed by atoms with Gasteiger partial charge in [0.1, 0.15) is 12.6 Å². The largest absolute Gasteiger partial charge is 0.418 e. The molecule has 39 heavy (non-hydrogen) atoms. The fourth-order valence-electron chi connectivity index (χ4n) is 4.96. The Balaban J connectivity index is 1.39. The van der Waals surface area contributed by atoms with Gasteiger partial charge in [-0.3, -0.25) is 19.3 Å². The van der Waals surface area contributed by atoms with Gasteiger partial charge in [-0.05, 0) is 56.0 Å². The Kier molecular flexibility index (Phi) is 8.18. The highest BCUT2D eigenvalue weighted by molar-refractivity contribution is 7.18. The summed E-state index contributed by atoms with van der Waals surface area (Å²) >= 11 is 7.05. The van der Waals surface area contributed by atoms with E-state index in [2.05, 4.69) is 15.5 Å². The second-order valence-corrected chi connectivity index (χ2v) is 11.6. The summed E-state index contributed by atoms with van der Waals surface area (Å²) in [6.45, 7) is 0.0869. The summed E-state index contributed by atoms with van der Waals surface area (Å²) in [5.74, 6) is -1.46. The quantitative estimate of drug-likeness (QED) is 0.452. The fourth-order valence-corrected chi connectivity index (χ4v) is 5.92. The molecule has 3 aliphatic rings. The van der Waals surface area contributed by atoms with Crippen molar-refractivity contribution < 1.29 is 32.3 Å². The van der Waals surface area contributed by atoms with Gasteiger partial charge in [0.25, 0.3) is 11.8 Å². The summed E-state index contributed by atoms with van der Waals surface area (Å²) in [5.41, 5.74) is -1.37. The number of hydrogen-bond donors (Lipinski definition) is 2. The fraction of sp³-hybridized carbons (Fsp3) is 0.500. The van der Waals surface area contributed by atoms with Crippen molar-refractivity contribution in [1.29, 1.82) is 0 Å². The first kappa shape index (κ1) is 27.9. The molecule has 1 aromatic heterocycles. The van der Waals surface area contributed by atoms with Gasteiger partial charge in [-0.15, -0.1) is 11.3 Å². The molecule has 3 fully saturated rings. The van der Waals surface area contributed by atoms with Crippen LogP contribution in [0, 0.1) is 0 Å². The number of ether oxygens (including phenoxy) is 1. The van der Waals surface area contributed by atoms with Gasteiger partial charge in [0.15, 0.2) is 0 Å². The summed E-state index contributed by atoms with van der Waals surface area (Å²) in [4.78, 5) is 42.2. The molecule has 2 aromatic rings. The van der Waals surface area contributed by atoms with Crippen molar-refractivity contribution in [2.24, 2.45) is 0 Å². The van der Waals surface area contributed by atoms with E-state index in [0.29, 0.717) is 9.21 Å². The standard InChI is InChI=1S/C26H28ClF3N4O4S/c27-22-9-8-21(39-22)25(37)31-13-20(34(16-4-5-16)15-2-1-3-15)24(36)32-19-7-6-17(12-18(19)26(28,29)30)33-10-11-38-14-23(33)35/h6-9,12,15-16,20H,1-5,10-11,13-14H2,(H,31,37)(H,32,36)/t20-/m1/s1. The van der Waals surface area contributed by atoms with Crippen LogP contribution >= 0.6 is 22.9 Å². The van der Waals surface area contributed by atoms with Gasteiger partial charge in [0.05, 0.1) is 27.1 Å². The van der Waals surface area contributed by atoms with Crippen LogP contribution in [0.2, 0.25) is 4.34 Å². The summed E-state index contributed by atoms with van der Waals surface area (Å²) < 4.78 is 47.9. The normalized spacial score (nSPS) is 19.1. The Morgan fingerprint density at radius 1 is 1.15 bits per heavy atom. The molecule has 13 heteroatoms. The van der Waals surface area contributed by atoms with Crippen molar-refractivity contribution in [3.63, 3.8) is 0 Å². The van der Waals surface area contributed by atoms with Crippen molar-refractivity contribution in [2.45, 2.75) is 56.4 Å². The van der Waals surface area contributed by atoms with E-state index in [0.717, 1.165) is 49.5 Å². The van der Waals surface area contributed by atoms with Crippen molar-refractivity contribution in [1.82, 2.24) is 10.2 Å². The average Bonchev–Trinajstić information content (AvgIpc) is 3.61. The van der Waals surface area contributed by atoms with Crippen molar-refractivity contribution in [3.8, 4) is 0 Å². The van der Waals surface area contributed by atoms with Crippen molar-refractivity contribution >= 4 is 52.0 Å². The number of morpholine rings is 1. The molecule has 0 bridgehead atoms. The van der Waals surface area contributed by atoms with E-state index < -0.39 is 41.2 Å². The molecule has 1 saturated heterocycles. The lowest BCUT2D eigenvalue weighted by molar-refractivity contribution is -0.137. The number of benzene rings is 1. The van der Waals surface area contributed by atoms with Crippen molar-refractivity contribution in [3.05, 3.63) is 45.1 Å². The number of rotatable bonds is 9. The Hall–Kier alpha value is -2.67. The van der Waals surface area contributed by atoms with Crippen LogP contribution in [-0.4, -0.2) is 67.1 Å². The lowest BCUT2D eigenvalue weighted by Crippen LogP contribution is -2.57. The summed E-state index contributed by atoms with van der Waals surface area (Å²) in [6.07, 6.45) is -0.187. The summed E-state index contributed by atoms with van der Waals surface area (Å²) in [6, 6.07) is 6.04. The zero-order valence-corrected chi connectivity index (χ0v) is 22.5. The first-order valence-corrected chi connectivity index (χ1v) is 14.0. The molecule has 0 unspecified atom stereocenters. The molecule has 2 N–H and O–H groups in total. The lowest BCUT2D eigenvalue weighted by Gasteiger charge is -2.42. The highest BCUT2D eigenvalue weighted by atomic mass is 35.5. The van der Waals surface area contributed by atoms with E-state index in [1.807, 2.05) is 0 Å². The van der Waals surface area contributed by atoms with Gasteiger partial charge in [-0.25, -0.2) is 0 Å². The number of halogens is 4. The van der Waals surface area contributed by atoms with E-state index >= 15 is 0 Å². The predicted molar refractivity (Wildman–Crippen MR) is 141 cm³/mol. The van der Waals surface area contributed by atoms with Crippen LogP contribution in [0.3, 0.4) is 0 Å². The van der Waals surface area contributed by atoms with Gasteiger partial charge < -0.3 is 20.3 Å². The zero-order valence-electron chi connectivity index (χ0n) is 20.9. The second kappa shape index (κ2) is 11.4. The molecule has 1 aromatic carbocycles. The minimum absolute atomic E-state index is 0.0606. The number of carbonyl (C=O) groups excluding carboxylic acids is 3. The van der Waals surface area contributed by atoms with E-state index in [4.69, 9.17) is 16.3 Å². The van der Waals surface area contributed by atoms with Crippen LogP contribution in [0.4, 0.5) is 24.5 Å². The molecule has 0 radical (unpaired) electrons. The molecule has 8 nitrogen and oxygen atoms in total. The smallest absolute Gasteiger partial charge is 0.370 e. The van der Waals surface area contributed by atoms with Gasteiger partial charge >= 0.3 is 6.18 Å². The van der Waals surface area contributed by atoms with Crippen molar-refractivity contribution in [2.75, 3.05) is 36.5 Å². The minimum Gasteiger partial charge on any atom is -0.370 e. The number of nitrogens with zero attached hydrogens (tertiary/aromatic N) is 2. The van der Waals surface area contributed by atoms with E-state index in [9.17, 15) is 27.6 Å². The third-order valence-electron chi connectivity index (χ3n) is 7.24.